The summed E-state index contributed by atoms with van der Waals surface area (Å²) in [6.07, 6.45) is 0.584. The molecule has 2 aromatic rings. The van der Waals surface area contributed by atoms with Gasteiger partial charge in [0.1, 0.15) is 5.76 Å². The van der Waals surface area contributed by atoms with Gasteiger partial charge in [-0.1, -0.05) is 17.7 Å². The minimum atomic E-state index is -2.99. The van der Waals surface area contributed by atoms with Crippen LogP contribution in [0.25, 0.3) is 11.5 Å². The van der Waals surface area contributed by atoms with Gasteiger partial charge in [0.15, 0.2) is 9.84 Å². The third-order valence-electron chi connectivity index (χ3n) is 4.43. The van der Waals surface area contributed by atoms with Crippen LogP contribution in [0, 0.1) is 6.92 Å². The van der Waals surface area contributed by atoms with Crippen LogP contribution in [0.5, 0.6) is 0 Å². The molecule has 0 unspecified atom stereocenters. The number of halogens is 1. The second-order valence-corrected chi connectivity index (χ2v) is 8.95. The first-order valence-electron chi connectivity index (χ1n) is 8.15. The molecule has 1 aromatic carbocycles. The molecule has 0 radical (unpaired) electrons. The molecule has 1 aliphatic heterocycles. The number of nitrogens with zero attached hydrogens (tertiary/aromatic N) is 2. The number of aromatic nitrogens is 1. The van der Waals surface area contributed by atoms with Gasteiger partial charge in [0.2, 0.25) is 5.89 Å². The molecule has 6 nitrogen and oxygen atoms in total. The lowest BCUT2D eigenvalue weighted by Gasteiger charge is -2.26. The van der Waals surface area contributed by atoms with Gasteiger partial charge in [0.05, 0.1) is 23.8 Å². The Morgan fingerprint density at radius 1 is 1.44 bits per heavy atom. The van der Waals surface area contributed by atoms with Gasteiger partial charge in [-0.05, 0) is 31.5 Å². The fourth-order valence-corrected chi connectivity index (χ4v) is 5.05. The minimum Gasteiger partial charge on any atom is -0.441 e. The second-order valence-electron chi connectivity index (χ2n) is 6.28. The largest absolute Gasteiger partial charge is 0.441 e. The molecule has 0 bridgehead atoms. The normalized spacial score (nSPS) is 19.6. The van der Waals surface area contributed by atoms with E-state index in [0.717, 1.165) is 11.3 Å². The molecule has 25 heavy (non-hydrogen) atoms. The van der Waals surface area contributed by atoms with Crippen LogP contribution in [0.15, 0.2) is 28.7 Å². The molecule has 3 rings (SSSR count). The summed E-state index contributed by atoms with van der Waals surface area (Å²) in [6.45, 7) is 2.64. The number of aliphatic hydroxyl groups is 1. The lowest BCUT2D eigenvalue weighted by atomic mass is 10.2. The van der Waals surface area contributed by atoms with Crippen molar-refractivity contribution in [3.8, 4) is 11.5 Å². The Labute approximate surface area is 152 Å². The van der Waals surface area contributed by atoms with Crippen molar-refractivity contribution in [2.75, 3.05) is 24.7 Å². The lowest BCUT2D eigenvalue weighted by Crippen LogP contribution is -2.38. The number of sulfone groups is 1. The number of hydrogen-bond donors (Lipinski definition) is 1. The molecule has 2 heterocycles. The van der Waals surface area contributed by atoms with Crippen LogP contribution in [0.2, 0.25) is 5.02 Å². The van der Waals surface area contributed by atoms with Crippen LogP contribution < -0.4 is 0 Å². The van der Waals surface area contributed by atoms with Gasteiger partial charge in [0.25, 0.3) is 0 Å². The van der Waals surface area contributed by atoms with E-state index < -0.39 is 9.84 Å². The summed E-state index contributed by atoms with van der Waals surface area (Å²) in [4.78, 5) is 6.52. The van der Waals surface area contributed by atoms with E-state index in [4.69, 9.17) is 16.0 Å². The summed E-state index contributed by atoms with van der Waals surface area (Å²) in [7, 11) is -2.99. The summed E-state index contributed by atoms with van der Waals surface area (Å²) < 4.78 is 29.3. The average Bonchev–Trinajstić information content (AvgIpc) is 3.10. The highest BCUT2D eigenvalue weighted by Crippen LogP contribution is 2.26. The molecular formula is C17H21ClN2O4S. The maximum absolute atomic E-state index is 11.8. The van der Waals surface area contributed by atoms with Crippen LogP contribution in [0.4, 0.5) is 0 Å². The van der Waals surface area contributed by atoms with E-state index >= 15 is 0 Å². The van der Waals surface area contributed by atoms with Crippen LogP contribution in [-0.4, -0.2) is 54.1 Å². The molecule has 8 heteroatoms. The Balaban J connectivity index is 1.81. The summed E-state index contributed by atoms with van der Waals surface area (Å²) in [5.74, 6) is 1.49. The lowest BCUT2D eigenvalue weighted by molar-refractivity contribution is 0.152. The maximum Gasteiger partial charge on any atom is 0.226 e. The highest BCUT2D eigenvalue weighted by molar-refractivity contribution is 7.91. The summed E-state index contributed by atoms with van der Waals surface area (Å²) in [5, 5.41) is 9.94. The van der Waals surface area contributed by atoms with E-state index in [1.165, 1.54) is 0 Å². The van der Waals surface area contributed by atoms with Crippen molar-refractivity contribution in [3.05, 3.63) is 40.7 Å². The predicted octanol–water partition coefficient (Wildman–Crippen LogP) is 2.28. The van der Waals surface area contributed by atoms with Crippen LogP contribution >= 0.6 is 11.6 Å². The van der Waals surface area contributed by atoms with Crippen molar-refractivity contribution in [2.24, 2.45) is 0 Å². The van der Waals surface area contributed by atoms with Gasteiger partial charge in [-0.25, -0.2) is 13.4 Å². The number of oxazole rings is 1. The van der Waals surface area contributed by atoms with Crippen LogP contribution in [0.1, 0.15) is 17.9 Å². The highest BCUT2D eigenvalue weighted by Gasteiger charge is 2.32. The molecule has 0 amide bonds. The zero-order chi connectivity index (χ0) is 18.0. The summed E-state index contributed by atoms with van der Waals surface area (Å²) >= 11 is 6.02. The standard InChI is InChI=1S/C17H21ClN2O4S/c1-12-16(19-17(24-12)13-3-2-4-14(18)9-13)10-20(6-7-21)15-5-8-25(22,23)11-15/h2-4,9,15,21H,5-8,10-11H2,1H3/t15-/m1/s1. The van der Waals surface area contributed by atoms with Crippen molar-refractivity contribution in [1.29, 1.82) is 0 Å². The Morgan fingerprint density at radius 2 is 2.24 bits per heavy atom. The Hall–Kier alpha value is -1.41. The predicted molar refractivity (Wildman–Crippen MR) is 96.2 cm³/mol. The SMILES string of the molecule is Cc1oc(-c2cccc(Cl)c2)nc1CN(CCO)[C@@H]1CCS(=O)(=O)C1. The monoisotopic (exact) mass is 384 g/mol. The number of aliphatic hydroxyl groups excluding tert-OH is 1. The molecule has 1 N–H and O–H groups in total. The zero-order valence-electron chi connectivity index (χ0n) is 14.0. The second kappa shape index (κ2) is 7.45. The zero-order valence-corrected chi connectivity index (χ0v) is 15.6. The van der Waals surface area contributed by atoms with Crippen molar-refractivity contribution in [2.45, 2.75) is 25.9 Å². The molecule has 1 atom stereocenters. The third-order valence-corrected chi connectivity index (χ3v) is 6.41. The molecule has 1 aliphatic rings. The van der Waals surface area contributed by atoms with Crippen LogP contribution in [0.3, 0.4) is 0 Å². The number of benzene rings is 1. The minimum absolute atomic E-state index is 0.0331. The van der Waals surface area contributed by atoms with E-state index in [0.29, 0.717) is 36.2 Å². The molecular weight excluding hydrogens is 364 g/mol. The number of aryl methyl sites for hydroxylation is 1. The topological polar surface area (TPSA) is 83.6 Å². The third kappa shape index (κ3) is 4.41. The molecule has 0 spiro atoms. The summed E-state index contributed by atoms with van der Waals surface area (Å²) in [6, 6.07) is 7.17. The van der Waals surface area contributed by atoms with Gasteiger partial charge < -0.3 is 9.52 Å². The Bertz CT molecular complexity index is 850. The van der Waals surface area contributed by atoms with E-state index in [2.05, 4.69) is 4.98 Å². The smallest absolute Gasteiger partial charge is 0.226 e. The average molecular weight is 385 g/mol. The van der Waals surface area contributed by atoms with Gasteiger partial charge in [-0.15, -0.1) is 0 Å². The molecule has 1 aromatic heterocycles. The van der Waals surface area contributed by atoms with Crippen molar-refractivity contribution >= 4 is 21.4 Å². The van der Waals surface area contributed by atoms with Crippen molar-refractivity contribution < 1.29 is 17.9 Å². The first kappa shape index (κ1) is 18.4. The van der Waals surface area contributed by atoms with Gasteiger partial charge >= 0.3 is 0 Å². The molecule has 1 saturated heterocycles. The van der Waals surface area contributed by atoms with Crippen LogP contribution in [-0.2, 0) is 16.4 Å². The van der Waals surface area contributed by atoms with Gasteiger partial charge in [-0.2, -0.15) is 0 Å². The Morgan fingerprint density at radius 3 is 2.88 bits per heavy atom. The molecule has 0 aliphatic carbocycles. The first-order chi connectivity index (χ1) is 11.9. The first-order valence-corrected chi connectivity index (χ1v) is 10.4. The quantitative estimate of drug-likeness (QED) is 0.822. The maximum atomic E-state index is 11.8. The number of hydrogen-bond acceptors (Lipinski definition) is 6. The fraction of sp³-hybridized carbons (Fsp3) is 0.471. The number of rotatable bonds is 6. The van der Waals surface area contributed by atoms with Crippen molar-refractivity contribution in [1.82, 2.24) is 9.88 Å². The van der Waals surface area contributed by atoms with Gasteiger partial charge in [-0.3, -0.25) is 4.90 Å². The fourth-order valence-electron chi connectivity index (χ4n) is 3.09. The highest BCUT2D eigenvalue weighted by atomic mass is 35.5. The van der Waals surface area contributed by atoms with E-state index in [1.54, 1.807) is 12.1 Å². The van der Waals surface area contributed by atoms with E-state index in [-0.39, 0.29) is 24.2 Å². The summed E-state index contributed by atoms with van der Waals surface area (Å²) in [5.41, 5.74) is 1.53. The molecule has 1 fully saturated rings. The Kier molecular flexibility index (Phi) is 5.48. The molecule has 0 saturated carbocycles. The van der Waals surface area contributed by atoms with Gasteiger partial charge in [0, 0.05) is 29.7 Å². The molecule has 136 valence electrons. The van der Waals surface area contributed by atoms with E-state index in [1.807, 2.05) is 24.0 Å². The van der Waals surface area contributed by atoms with E-state index in [9.17, 15) is 13.5 Å². The van der Waals surface area contributed by atoms with Crippen molar-refractivity contribution in [3.63, 3.8) is 0 Å².